The zero-order valence-corrected chi connectivity index (χ0v) is 10.4. The van der Waals surface area contributed by atoms with Gasteiger partial charge in [0.1, 0.15) is 0 Å². The molecule has 0 aliphatic rings. The van der Waals surface area contributed by atoms with E-state index >= 15 is 0 Å². The fourth-order valence-electron chi connectivity index (χ4n) is 1.81. The van der Waals surface area contributed by atoms with Crippen LogP contribution in [0.15, 0.2) is 36.7 Å². The van der Waals surface area contributed by atoms with Gasteiger partial charge >= 0.3 is 0 Å². The van der Waals surface area contributed by atoms with Crippen LogP contribution in [-0.2, 0) is 0 Å². The maximum atomic E-state index is 4.25. The zero-order valence-electron chi connectivity index (χ0n) is 10.4. The highest BCUT2D eigenvalue weighted by Gasteiger charge is 2.08. The third kappa shape index (κ3) is 2.81. The molecule has 0 bridgehead atoms. The maximum absolute atomic E-state index is 4.25. The van der Waals surface area contributed by atoms with E-state index < -0.39 is 0 Å². The van der Waals surface area contributed by atoms with E-state index in [0.717, 1.165) is 5.56 Å². The minimum atomic E-state index is 0.207. The van der Waals surface area contributed by atoms with Gasteiger partial charge in [0.2, 0.25) is 5.95 Å². The van der Waals surface area contributed by atoms with Gasteiger partial charge in [0.25, 0.3) is 0 Å². The van der Waals surface area contributed by atoms with Crippen LogP contribution in [0, 0.1) is 13.8 Å². The molecular formula is C14H17N3. The van der Waals surface area contributed by atoms with Crippen molar-refractivity contribution in [3.05, 3.63) is 53.3 Å². The summed E-state index contributed by atoms with van der Waals surface area (Å²) in [5.41, 5.74) is 3.62. The predicted octanol–water partition coefficient (Wildman–Crippen LogP) is 3.27. The van der Waals surface area contributed by atoms with Crippen LogP contribution >= 0.6 is 0 Å². The molecule has 2 aromatic rings. The second-order valence-electron chi connectivity index (χ2n) is 4.31. The van der Waals surface area contributed by atoms with Crippen LogP contribution < -0.4 is 5.32 Å². The van der Waals surface area contributed by atoms with Crippen LogP contribution in [0.25, 0.3) is 0 Å². The van der Waals surface area contributed by atoms with Crippen molar-refractivity contribution in [3.8, 4) is 0 Å². The number of hydrogen-bond acceptors (Lipinski definition) is 3. The Kier molecular flexibility index (Phi) is 3.38. The zero-order chi connectivity index (χ0) is 12.3. The van der Waals surface area contributed by atoms with Crippen molar-refractivity contribution < 1.29 is 0 Å². The SMILES string of the molecule is Cc1cnc(NC(C)c2ccccc2C)nc1. The minimum Gasteiger partial charge on any atom is -0.348 e. The highest BCUT2D eigenvalue weighted by atomic mass is 15.1. The molecule has 0 aliphatic carbocycles. The topological polar surface area (TPSA) is 37.8 Å². The molecule has 0 spiro atoms. The van der Waals surface area contributed by atoms with Crippen LogP contribution in [0.1, 0.15) is 29.7 Å². The van der Waals surface area contributed by atoms with Gasteiger partial charge in [-0.15, -0.1) is 0 Å². The van der Waals surface area contributed by atoms with Crippen LogP contribution in [0.4, 0.5) is 5.95 Å². The van der Waals surface area contributed by atoms with E-state index in [-0.39, 0.29) is 6.04 Å². The summed E-state index contributed by atoms with van der Waals surface area (Å²) >= 11 is 0. The van der Waals surface area contributed by atoms with Crippen LogP contribution in [0.3, 0.4) is 0 Å². The lowest BCUT2D eigenvalue weighted by Crippen LogP contribution is -2.10. The molecule has 0 amide bonds. The summed E-state index contributed by atoms with van der Waals surface area (Å²) in [7, 11) is 0. The molecule has 0 saturated carbocycles. The van der Waals surface area contributed by atoms with Crippen molar-refractivity contribution in [2.75, 3.05) is 5.32 Å². The van der Waals surface area contributed by atoms with Gasteiger partial charge in [-0.1, -0.05) is 24.3 Å². The number of nitrogens with zero attached hydrogens (tertiary/aromatic N) is 2. The van der Waals surface area contributed by atoms with E-state index in [1.807, 2.05) is 25.4 Å². The number of aryl methyl sites for hydroxylation is 2. The lowest BCUT2D eigenvalue weighted by molar-refractivity contribution is 0.850. The number of benzene rings is 1. The first-order chi connectivity index (χ1) is 8.16. The van der Waals surface area contributed by atoms with Gasteiger partial charge in [-0.3, -0.25) is 0 Å². The first-order valence-corrected chi connectivity index (χ1v) is 5.77. The largest absolute Gasteiger partial charge is 0.348 e. The van der Waals surface area contributed by atoms with Gasteiger partial charge in [0, 0.05) is 12.4 Å². The van der Waals surface area contributed by atoms with E-state index in [2.05, 4.69) is 47.3 Å². The first kappa shape index (κ1) is 11.6. The summed E-state index contributed by atoms with van der Waals surface area (Å²) in [6.07, 6.45) is 3.64. The molecule has 0 aliphatic heterocycles. The van der Waals surface area contributed by atoms with Gasteiger partial charge in [0.05, 0.1) is 6.04 Å². The normalized spacial score (nSPS) is 12.2. The van der Waals surface area contributed by atoms with Crippen molar-refractivity contribution in [3.63, 3.8) is 0 Å². The number of rotatable bonds is 3. The molecule has 1 aromatic heterocycles. The molecule has 0 radical (unpaired) electrons. The number of nitrogens with one attached hydrogen (secondary N) is 1. The second kappa shape index (κ2) is 4.95. The minimum absolute atomic E-state index is 0.207. The van der Waals surface area contributed by atoms with Crippen LogP contribution in [0.2, 0.25) is 0 Å². The van der Waals surface area contributed by atoms with Crippen molar-refractivity contribution in [1.29, 1.82) is 0 Å². The summed E-state index contributed by atoms with van der Waals surface area (Å²) in [4.78, 5) is 8.50. The van der Waals surface area contributed by atoms with Crippen molar-refractivity contribution in [1.82, 2.24) is 9.97 Å². The van der Waals surface area contributed by atoms with E-state index in [4.69, 9.17) is 0 Å². The lowest BCUT2D eigenvalue weighted by Gasteiger charge is -2.16. The fourth-order valence-corrected chi connectivity index (χ4v) is 1.81. The van der Waals surface area contributed by atoms with Gasteiger partial charge in [0.15, 0.2) is 0 Å². The maximum Gasteiger partial charge on any atom is 0.223 e. The Labute approximate surface area is 102 Å². The molecule has 1 N–H and O–H groups in total. The van der Waals surface area contributed by atoms with E-state index in [0.29, 0.717) is 5.95 Å². The number of anilines is 1. The first-order valence-electron chi connectivity index (χ1n) is 5.77. The molecule has 0 saturated heterocycles. The Morgan fingerprint density at radius 2 is 1.71 bits per heavy atom. The molecule has 1 unspecified atom stereocenters. The van der Waals surface area contributed by atoms with Gasteiger partial charge in [-0.2, -0.15) is 0 Å². The fraction of sp³-hybridized carbons (Fsp3) is 0.286. The molecular weight excluding hydrogens is 210 g/mol. The average molecular weight is 227 g/mol. The average Bonchev–Trinajstić information content (AvgIpc) is 2.32. The second-order valence-corrected chi connectivity index (χ2v) is 4.31. The Morgan fingerprint density at radius 3 is 2.35 bits per heavy atom. The monoisotopic (exact) mass is 227 g/mol. The molecule has 0 fully saturated rings. The lowest BCUT2D eigenvalue weighted by atomic mass is 10.0. The summed E-state index contributed by atoms with van der Waals surface area (Å²) in [6, 6.07) is 8.55. The standard InChI is InChI=1S/C14H17N3/c1-10-8-15-14(16-9-10)17-12(3)13-7-5-4-6-11(13)2/h4-9,12H,1-3H3,(H,15,16,17). The predicted molar refractivity (Wildman–Crippen MR) is 70.0 cm³/mol. The quantitative estimate of drug-likeness (QED) is 0.874. The summed E-state index contributed by atoms with van der Waals surface area (Å²) in [5, 5.41) is 3.30. The summed E-state index contributed by atoms with van der Waals surface area (Å²) in [6.45, 7) is 6.21. The van der Waals surface area contributed by atoms with Crippen molar-refractivity contribution in [2.45, 2.75) is 26.8 Å². The van der Waals surface area contributed by atoms with E-state index in [1.54, 1.807) is 0 Å². The van der Waals surface area contributed by atoms with E-state index in [9.17, 15) is 0 Å². The molecule has 3 nitrogen and oxygen atoms in total. The van der Waals surface area contributed by atoms with Crippen LogP contribution in [0.5, 0.6) is 0 Å². The molecule has 1 heterocycles. The van der Waals surface area contributed by atoms with Gasteiger partial charge in [-0.25, -0.2) is 9.97 Å². The third-order valence-corrected chi connectivity index (χ3v) is 2.78. The molecule has 17 heavy (non-hydrogen) atoms. The Balaban J connectivity index is 2.14. The van der Waals surface area contributed by atoms with Crippen LogP contribution in [-0.4, -0.2) is 9.97 Å². The van der Waals surface area contributed by atoms with Gasteiger partial charge in [-0.05, 0) is 37.5 Å². The smallest absolute Gasteiger partial charge is 0.223 e. The summed E-state index contributed by atoms with van der Waals surface area (Å²) in [5.74, 6) is 0.673. The highest BCUT2D eigenvalue weighted by molar-refractivity contribution is 5.35. The molecule has 1 aromatic carbocycles. The Hall–Kier alpha value is -1.90. The molecule has 2 rings (SSSR count). The molecule has 3 heteroatoms. The van der Waals surface area contributed by atoms with Gasteiger partial charge < -0.3 is 5.32 Å². The summed E-state index contributed by atoms with van der Waals surface area (Å²) < 4.78 is 0. The molecule has 88 valence electrons. The highest BCUT2D eigenvalue weighted by Crippen LogP contribution is 2.19. The number of aromatic nitrogens is 2. The van der Waals surface area contributed by atoms with Crippen molar-refractivity contribution >= 4 is 5.95 Å². The van der Waals surface area contributed by atoms with E-state index in [1.165, 1.54) is 11.1 Å². The molecule has 1 atom stereocenters. The Bertz CT molecular complexity index is 491. The number of hydrogen-bond donors (Lipinski definition) is 1. The van der Waals surface area contributed by atoms with Crippen molar-refractivity contribution in [2.24, 2.45) is 0 Å². The third-order valence-electron chi connectivity index (χ3n) is 2.78. The Morgan fingerprint density at radius 1 is 1.06 bits per heavy atom.